The molecule has 0 saturated heterocycles. The molecule has 0 aliphatic carbocycles. The van der Waals surface area contributed by atoms with Crippen LogP contribution in [0.1, 0.15) is 1.43 Å². The minimum absolute atomic E-state index is 0. The Balaban J connectivity index is 0. The van der Waals surface area contributed by atoms with E-state index in [0.717, 1.165) is 5.69 Å². The number of rotatable bonds is 3. The van der Waals surface area contributed by atoms with Gasteiger partial charge in [-0.1, -0.05) is 11.6 Å². The van der Waals surface area contributed by atoms with Crippen LogP contribution in [0.5, 0.6) is 0 Å². The van der Waals surface area contributed by atoms with E-state index in [0.29, 0.717) is 5.02 Å². The molecule has 0 fully saturated rings. The van der Waals surface area contributed by atoms with Gasteiger partial charge in [0.2, 0.25) is 0 Å². The zero-order valence-electron chi connectivity index (χ0n) is 8.25. The van der Waals surface area contributed by atoms with Crippen molar-refractivity contribution in [2.75, 3.05) is 11.9 Å². The van der Waals surface area contributed by atoms with Crippen molar-refractivity contribution in [2.45, 2.75) is 0 Å². The van der Waals surface area contributed by atoms with E-state index in [4.69, 9.17) is 16.7 Å². The normalized spacial score (nSPS) is 8.69. The van der Waals surface area contributed by atoms with E-state index >= 15 is 0 Å². The summed E-state index contributed by atoms with van der Waals surface area (Å²) in [5.41, 5.74) is 0.752. The molecule has 1 aromatic rings. The average molecular weight is 226 g/mol. The predicted octanol–water partition coefficient (Wildman–Crippen LogP) is -1.05. The Morgan fingerprint density at radius 3 is 2.46 bits per heavy atom. The summed E-state index contributed by atoms with van der Waals surface area (Å²) in [6.45, 7) is -0.0817. The van der Waals surface area contributed by atoms with Crippen molar-refractivity contribution in [3.8, 4) is 0 Å². The van der Waals surface area contributed by atoms with Gasteiger partial charge in [-0.05, 0) is 24.3 Å². The van der Waals surface area contributed by atoms with E-state index in [1.807, 2.05) is 0 Å². The van der Waals surface area contributed by atoms with Gasteiger partial charge in [-0.15, -0.1) is 0 Å². The molecule has 5 heteroatoms. The molecule has 0 atom stereocenters. The van der Waals surface area contributed by atoms with Gasteiger partial charge in [-0.3, -0.25) is 4.79 Å². The summed E-state index contributed by atoms with van der Waals surface area (Å²) in [6, 6.07) is 6.86. The summed E-state index contributed by atoms with van der Waals surface area (Å²) >= 11 is 5.63. The molecule has 3 nitrogen and oxygen atoms in total. The van der Waals surface area contributed by atoms with Crippen molar-refractivity contribution < 1.29 is 62.7 Å². The van der Waals surface area contributed by atoms with E-state index < -0.39 is 5.97 Å². The zero-order chi connectivity index (χ0) is 8.97. The third-order valence-electron chi connectivity index (χ3n) is 1.29. The van der Waals surface area contributed by atoms with E-state index in [9.17, 15) is 4.79 Å². The molecule has 13 heavy (non-hydrogen) atoms. The second kappa shape index (κ2) is 6.81. The van der Waals surface area contributed by atoms with Gasteiger partial charge in [0, 0.05) is 10.7 Å². The van der Waals surface area contributed by atoms with Crippen LogP contribution in [0.4, 0.5) is 5.69 Å². The summed E-state index contributed by atoms with van der Waals surface area (Å²) in [7, 11) is 0. The summed E-state index contributed by atoms with van der Waals surface area (Å²) in [6.07, 6.45) is 0. The van der Waals surface area contributed by atoms with Gasteiger partial charge < -0.3 is 11.8 Å². The monoisotopic (exact) mass is 225 g/mol. The first-order chi connectivity index (χ1) is 5.68. The predicted molar refractivity (Wildman–Crippen MR) is 48.7 cm³/mol. The fourth-order valence-corrected chi connectivity index (χ4v) is 0.871. The van der Waals surface area contributed by atoms with Crippen molar-refractivity contribution in [1.29, 1.82) is 0 Å². The largest absolute Gasteiger partial charge is 1.00 e. The number of nitrogens with one attached hydrogen (secondary N) is 1. The number of carboxylic acids is 1. The Kier molecular flexibility index (Phi) is 7.03. The maximum atomic E-state index is 10.2. The summed E-state index contributed by atoms with van der Waals surface area (Å²) in [5.74, 6) is -0.884. The minimum Gasteiger partial charge on any atom is -1.00 e. The maximum Gasteiger partial charge on any atom is 1.00 e. The Hall–Kier alpha value is 0.416. The van der Waals surface area contributed by atoms with Crippen LogP contribution in [0.2, 0.25) is 5.02 Å². The minimum atomic E-state index is -0.884. The zero-order valence-corrected chi connectivity index (χ0v) is 11.1. The van der Waals surface area contributed by atoms with Gasteiger partial charge in [0.05, 0.1) is 0 Å². The molecule has 0 aliphatic heterocycles. The number of hydrogen-bond acceptors (Lipinski definition) is 2. The number of halogens is 1. The van der Waals surface area contributed by atoms with Gasteiger partial charge in [-0.25, -0.2) is 0 Å². The first-order valence-corrected chi connectivity index (χ1v) is 3.77. The molecule has 0 unspecified atom stereocenters. The van der Waals surface area contributed by atoms with Gasteiger partial charge in [0.1, 0.15) is 6.54 Å². The fraction of sp³-hybridized carbons (Fsp3) is 0.125. The van der Waals surface area contributed by atoms with Crippen LogP contribution in [0.3, 0.4) is 0 Å². The molecule has 0 radical (unpaired) electrons. The van der Waals surface area contributed by atoms with Crippen molar-refractivity contribution in [1.82, 2.24) is 0 Å². The van der Waals surface area contributed by atoms with E-state index in [1.165, 1.54) is 0 Å². The quantitative estimate of drug-likeness (QED) is 0.646. The van der Waals surface area contributed by atoms with Gasteiger partial charge >= 0.3 is 57.4 Å². The van der Waals surface area contributed by atoms with E-state index in [2.05, 4.69) is 5.32 Å². The third kappa shape index (κ3) is 5.67. The number of hydrogen-bond donors (Lipinski definition) is 2. The molecule has 0 aromatic heterocycles. The number of aliphatic carboxylic acids is 1. The molecule has 0 spiro atoms. The second-order valence-corrected chi connectivity index (χ2v) is 2.69. The fourth-order valence-electron chi connectivity index (χ4n) is 0.745. The van der Waals surface area contributed by atoms with Crippen LogP contribution >= 0.6 is 11.6 Å². The molecule has 0 saturated carbocycles. The van der Waals surface area contributed by atoms with E-state index in [-0.39, 0.29) is 59.4 Å². The molecule has 66 valence electrons. The Morgan fingerprint density at radius 2 is 2.00 bits per heavy atom. The van der Waals surface area contributed by atoms with Crippen molar-refractivity contribution in [2.24, 2.45) is 0 Å². The molecule has 0 aliphatic rings. The Bertz CT molecular complexity index is 281. The number of benzene rings is 1. The first-order valence-electron chi connectivity index (χ1n) is 3.40. The number of carboxylic acid groups (broad SMARTS) is 1. The third-order valence-corrected chi connectivity index (χ3v) is 1.54. The smallest absolute Gasteiger partial charge is 1.00 e. The molecule has 0 amide bonds. The molecule has 0 bridgehead atoms. The molecular weight excluding hydrogens is 217 g/mol. The molecule has 2 N–H and O–H groups in total. The maximum absolute atomic E-state index is 10.2. The molecule has 0 heterocycles. The second-order valence-electron chi connectivity index (χ2n) is 2.25. The molecular formula is C8H9ClKNO2. The summed E-state index contributed by atoms with van der Waals surface area (Å²) < 4.78 is 0. The number of anilines is 1. The van der Waals surface area contributed by atoms with Gasteiger partial charge in [-0.2, -0.15) is 0 Å². The summed E-state index contributed by atoms with van der Waals surface area (Å²) in [5, 5.41) is 11.7. The van der Waals surface area contributed by atoms with Crippen LogP contribution in [0, 0.1) is 0 Å². The van der Waals surface area contributed by atoms with E-state index in [1.54, 1.807) is 24.3 Å². The average Bonchev–Trinajstić information content (AvgIpc) is 2.03. The van der Waals surface area contributed by atoms with Crippen LogP contribution in [0.15, 0.2) is 24.3 Å². The SMILES string of the molecule is O=C(O)CNc1ccc(Cl)cc1.[H-].[K+]. The van der Waals surface area contributed by atoms with Crippen LogP contribution < -0.4 is 56.7 Å². The van der Waals surface area contributed by atoms with Gasteiger partial charge in [0.25, 0.3) is 0 Å². The van der Waals surface area contributed by atoms with Crippen LogP contribution in [-0.4, -0.2) is 17.6 Å². The summed E-state index contributed by atoms with van der Waals surface area (Å²) in [4.78, 5) is 10.2. The number of carbonyl (C=O) groups is 1. The Morgan fingerprint density at radius 1 is 1.46 bits per heavy atom. The molecule has 1 aromatic carbocycles. The van der Waals surface area contributed by atoms with Crippen molar-refractivity contribution in [3.63, 3.8) is 0 Å². The van der Waals surface area contributed by atoms with Crippen LogP contribution in [0.25, 0.3) is 0 Å². The topological polar surface area (TPSA) is 49.3 Å². The van der Waals surface area contributed by atoms with Crippen molar-refractivity contribution in [3.05, 3.63) is 29.3 Å². The van der Waals surface area contributed by atoms with Gasteiger partial charge in [0.15, 0.2) is 0 Å². The Labute approximate surface area is 125 Å². The first kappa shape index (κ1) is 13.4. The molecule has 1 rings (SSSR count). The van der Waals surface area contributed by atoms with Crippen LogP contribution in [-0.2, 0) is 4.79 Å². The standard InChI is InChI=1S/C8H8ClNO2.K.H/c9-6-1-3-7(4-2-6)10-5-8(11)12;;/h1-4,10H,5H2,(H,11,12);;/q;+1;-1. The van der Waals surface area contributed by atoms with Crippen molar-refractivity contribution >= 4 is 23.3 Å².